The number of benzene rings is 4. The Hall–Kier alpha value is -3.23. The van der Waals surface area contributed by atoms with Crippen LogP contribution in [0, 0.1) is 0 Å². The molecule has 0 amide bonds. The van der Waals surface area contributed by atoms with Gasteiger partial charge in [-0.2, -0.15) is 0 Å². The smallest absolute Gasteiger partial charge is 0.0722 e. The van der Waals surface area contributed by atoms with Gasteiger partial charge in [-0.25, -0.2) is 4.98 Å². The predicted octanol–water partition coefficient (Wildman–Crippen LogP) is 7.99. The monoisotopic (exact) mass is 435 g/mol. The van der Waals surface area contributed by atoms with Crippen molar-refractivity contribution in [3.8, 4) is 11.3 Å². The van der Waals surface area contributed by atoms with E-state index in [0.717, 1.165) is 21.2 Å². The number of pyridine rings is 1. The molecule has 4 aromatic carbocycles. The maximum absolute atomic E-state index is 4.99. The first-order chi connectivity index (χ1) is 14.3. The second-order valence-electron chi connectivity index (χ2n) is 7.03. The summed E-state index contributed by atoms with van der Waals surface area (Å²) in [4.78, 5) is 4.99. The molecule has 0 saturated heterocycles. The molecule has 1 nitrogen and oxygen atoms in total. The van der Waals surface area contributed by atoms with E-state index in [9.17, 15) is 0 Å². The lowest BCUT2D eigenvalue weighted by atomic mass is 9.98. The Morgan fingerprint density at radius 1 is 0.690 bits per heavy atom. The Bertz CT molecular complexity index is 1340. The number of fused-ring (bicyclic) bond motifs is 3. The first-order valence-electron chi connectivity index (χ1n) is 9.59. The molecule has 0 saturated carbocycles. The molecule has 0 atom stereocenters. The zero-order valence-corrected chi connectivity index (χ0v) is 17.3. The highest BCUT2D eigenvalue weighted by atomic mass is 79.9. The minimum absolute atomic E-state index is 0.980. The third kappa shape index (κ3) is 3.59. The number of halogens is 1. The Labute approximate surface area is 178 Å². The van der Waals surface area contributed by atoms with Crippen molar-refractivity contribution in [1.82, 2.24) is 4.98 Å². The lowest BCUT2D eigenvalue weighted by Gasteiger charge is -2.10. The molecule has 0 N–H and O–H groups in total. The van der Waals surface area contributed by atoms with Crippen molar-refractivity contribution in [2.24, 2.45) is 0 Å². The van der Waals surface area contributed by atoms with Crippen LogP contribution in [0.1, 0.15) is 11.1 Å². The number of hydrogen-bond acceptors (Lipinski definition) is 1. The summed E-state index contributed by atoms with van der Waals surface area (Å²) in [5.74, 6) is 0. The number of hydrogen-bond donors (Lipinski definition) is 0. The fourth-order valence-corrected chi connectivity index (χ4v) is 3.95. The van der Waals surface area contributed by atoms with Crippen LogP contribution in [0.3, 0.4) is 0 Å². The van der Waals surface area contributed by atoms with Gasteiger partial charge < -0.3 is 0 Å². The van der Waals surface area contributed by atoms with E-state index in [0.29, 0.717) is 0 Å². The molecule has 29 heavy (non-hydrogen) atoms. The minimum Gasteiger partial charge on any atom is -0.248 e. The normalized spacial score (nSPS) is 11.5. The first kappa shape index (κ1) is 17.8. The molecule has 0 fully saturated rings. The molecule has 0 bridgehead atoms. The molecular formula is C27H18BrN. The van der Waals surface area contributed by atoms with Crippen LogP contribution in [-0.2, 0) is 0 Å². The molecule has 5 aromatic rings. The molecule has 0 unspecified atom stereocenters. The van der Waals surface area contributed by atoms with Crippen LogP contribution in [0.25, 0.3) is 45.1 Å². The van der Waals surface area contributed by atoms with Crippen molar-refractivity contribution >= 4 is 49.8 Å². The largest absolute Gasteiger partial charge is 0.248 e. The average Bonchev–Trinajstić information content (AvgIpc) is 2.78. The third-order valence-electron chi connectivity index (χ3n) is 5.12. The van der Waals surface area contributed by atoms with Gasteiger partial charge in [0.25, 0.3) is 0 Å². The lowest BCUT2D eigenvalue weighted by molar-refractivity contribution is 1.40. The Balaban J connectivity index is 1.76. The molecule has 5 rings (SSSR count). The third-order valence-corrected chi connectivity index (χ3v) is 5.65. The van der Waals surface area contributed by atoms with Gasteiger partial charge in [-0.05, 0) is 46.2 Å². The van der Waals surface area contributed by atoms with Crippen LogP contribution in [0.5, 0.6) is 0 Å². The Morgan fingerprint density at radius 2 is 1.45 bits per heavy atom. The molecular weight excluding hydrogens is 418 g/mol. The highest BCUT2D eigenvalue weighted by Gasteiger charge is 2.09. The molecule has 1 heterocycles. The SMILES string of the molecule is Brc1ccc(-c2cc(C=Cc3ccccc3)c3c(ccc4ccccc43)n2)cc1. The lowest BCUT2D eigenvalue weighted by Crippen LogP contribution is -1.90. The second kappa shape index (κ2) is 7.65. The summed E-state index contributed by atoms with van der Waals surface area (Å²) in [6, 6.07) is 33.7. The number of nitrogens with zero attached hydrogens (tertiary/aromatic N) is 1. The van der Waals surface area contributed by atoms with Crippen molar-refractivity contribution in [1.29, 1.82) is 0 Å². The summed E-state index contributed by atoms with van der Waals surface area (Å²) < 4.78 is 1.07. The predicted molar refractivity (Wildman–Crippen MR) is 128 cm³/mol. The van der Waals surface area contributed by atoms with Gasteiger partial charge in [0, 0.05) is 15.4 Å². The van der Waals surface area contributed by atoms with E-state index in [-0.39, 0.29) is 0 Å². The van der Waals surface area contributed by atoms with Crippen LogP contribution in [0.4, 0.5) is 0 Å². The summed E-state index contributed by atoms with van der Waals surface area (Å²) in [6.07, 6.45) is 4.37. The highest BCUT2D eigenvalue weighted by Crippen LogP contribution is 2.32. The van der Waals surface area contributed by atoms with E-state index in [1.165, 1.54) is 27.3 Å². The van der Waals surface area contributed by atoms with Gasteiger partial charge in [0.1, 0.15) is 0 Å². The van der Waals surface area contributed by atoms with Crippen molar-refractivity contribution in [3.05, 3.63) is 113 Å². The van der Waals surface area contributed by atoms with E-state index in [4.69, 9.17) is 4.98 Å². The zero-order valence-electron chi connectivity index (χ0n) is 15.7. The topological polar surface area (TPSA) is 12.9 Å². The molecule has 0 radical (unpaired) electrons. The molecule has 0 spiro atoms. The average molecular weight is 436 g/mol. The maximum atomic E-state index is 4.99. The van der Waals surface area contributed by atoms with Crippen molar-refractivity contribution < 1.29 is 0 Å². The fourth-order valence-electron chi connectivity index (χ4n) is 3.69. The fraction of sp³-hybridized carbons (Fsp3) is 0. The summed E-state index contributed by atoms with van der Waals surface area (Å²) in [7, 11) is 0. The van der Waals surface area contributed by atoms with E-state index in [2.05, 4.69) is 119 Å². The quantitative estimate of drug-likeness (QED) is 0.261. The van der Waals surface area contributed by atoms with Gasteiger partial charge >= 0.3 is 0 Å². The minimum atomic E-state index is 0.980. The van der Waals surface area contributed by atoms with Crippen LogP contribution < -0.4 is 0 Å². The van der Waals surface area contributed by atoms with Gasteiger partial charge in [0.05, 0.1) is 11.2 Å². The van der Waals surface area contributed by atoms with Crippen LogP contribution in [0.15, 0.2) is 102 Å². The van der Waals surface area contributed by atoms with Gasteiger partial charge in [0.2, 0.25) is 0 Å². The molecule has 0 aliphatic carbocycles. The summed E-state index contributed by atoms with van der Waals surface area (Å²) in [5.41, 5.74) is 5.46. The van der Waals surface area contributed by atoms with Gasteiger partial charge in [0.15, 0.2) is 0 Å². The summed E-state index contributed by atoms with van der Waals surface area (Å²) >= 11 is 3.52. The van der Waals surface area contributed by atoms with Crippen molar-refractivity contribution in [2.75, 3.05) is 0 Å². The molecule has 2 heteroatoms. The van der Waals surface area contributed by atoms with Crippen molar-refractivity contribution in [3.63, 3.8) is 0 Å². The Kier molecular flexibility index (Phi) is 4.71. The van der Waals surface area contributed by atoms with Crippen LogP contribution in [0.2, 0.25) is 0 Å². The van der Waals surface area contributed by atoms with Gasteiger partial charge in [-0.3, -0.25) is 0 Å². The van der Waals surface area contributed by atoms with Crippen LogP contribution >= 0.6 is 15.9 Å². The molecule has 138 valence electrons. The highest BCUT2D eigenvalue weighted by molar-refractivity contribution is 9.10. The van der Waals surface area contributed by atoms with Crippen molar-refractivity contribution in [2.45, 2.75) is 0 Å². The summed E-state index contributed by atoms with van der Waals surface area (Å²) in [5, 5.41) is 3.65. The van der Waals surface area contributed by atoms with E-state index >= 15 is 0 Å². The molecule has 0 aliphatic rings. The van der Waals surface area contributed by atoms with E-state index in [1.807, 2.05) is 6.07 Å². The zero-order chi connectivity index (χ0) is 19.6. The molecule has 0 aliphatic heterocycles. The Morgan fingerprint density at radius 3 is 2.28 bits per heavy atom. The standard InChI is InChI=1S/C27H18BrN/c28-23-15-12-21(13-16-23)26-18-22(11-10-19-6-2-1-3-7-19)27-24-9-5-4-8-20(24)14-17-25(27)29-26/h1-18H. The van der Waals surface area contributed by atoms with Gasteiger partial charge in [-0.15, -0.1) is 0 Å². The summed E-state index contributed by atoms with van der Waals surface area (Å²) in [6.45, 7) is 0. The molecule has 1 aromatic heterocycles. The van der Waals surface area contributed by atoms with Gasteiger partial charge in [-0.1, -0.05) is 101 Å². The maximum Gasteiger partial charge on any atom is 0.0722 e. The second-order valence-corrected chi connectivity index (χ2v) is 7.94. The number of aromatic nitrogens is 1. The van der Waals surface area contributed by atoms with E-state index in [1.54, 1.807) is 0 Å². The number of rotatable bonds is 3. The van der Waals surface area contributed by atoms with E-state index < -0.39 is 0 Å². The first-order valence-corrected chi connectivity index (χ1v) is 10.4. The van der Waals surface area contributed by atoms with Crippen LogP contribution in [-0.4, -0.2) is 4.98 Å².